The quantitative estimate of drug-likeness (QED) is 0.788. The Hall–Kier alpha value is -0.360. The van der Waals surface area contributed by atoms with Crippen LogP contribution < -0.4 is 10.6 Å². The van der Waals surface area contributed by atoms with Crippen LogP contribution in [0.25, 0.3) is 0 Å². The minimum absolute atomic E-state index is 0. The largest absolute Gasteiger partial charge is 0.376 e. The number of nitrogens with one attached hydrogen (secondary N) is 2. The van der Waals surface area contributed by atoms with E-state index in [9.17, 15) is 4.79 Å². The molecule has 2 rings (SSSR count). The first-order chi connectivity index (χ1) is 9.20. The summed E-state index contributed by atoms with van der Waals surface area (Å²) >= 11 is 0. The van der Waals surface area contributed by atoms with Gasteiger partial charge in [0.05, 0.1) is 12.1 Å². The third-order valence-corrected chi connectivity index (χ3v) is 4.32. The molecule has 20 heavy (non-hydrogen) atoms. The SMILES string of the molecule is CNC1CCCN(C(C)C(=O)NCC2CCCO2)C1.Cl. The van der Waals surface area contributed by atoms with E-state index < -0.39 is 0 Å². The number of nitrogens with zero attached hydrogens (tertiary/aromatic N) is 1. The Morgan fingerprint density at radius 3 is 2.85 bits per heavy atom. The zero-order valence-electron chi connectivity index (χ0n) is 12.6. The molecule has 0 bridgehead atoms. The third kappa shape index (κ3) is 4.88. The van der Waals surface area contributed by atoms with Crippen molar-refractivity contribution in [1.82, 2.24) is 15.5 Å². The van der Waals surface area contributed by atoms with E-state index in [0.717, 1.165) is 39.0 Å². The molecule has 5 nitrogen and oxygen atoms in total. The molecule has 0 saturated carbocycles. The summed E-state index contributed by atoms with van der Waals surface area (Å²) in [5.41, 5.74) is 0. The number of carbonyl (C=O) groups excluding carboxylic acids is 1. The number of amides is 1. The number of piperidine rings is 1. The zero-order valence-corrected chi connectivity index (χ0v) is 13.4. The van der Waals surface area contributed by atoms with Crippen LogP contribution in [0, 0.1) is 0 Å². The van der Waals surface area contributed by atoms with Gasteiger partial charge < -0.3 is 15.4 Å². The summed E-state index contributed by atoms with van der Waals surface area (Å²) in [6.07, 6.45) is 4.78. The molecule has 118 valence electrons. The molecule has 2 saturated heterocycles. The van der Waals surface area contributed by atoms with E-state index >= 15 is 0 Å². The van der Waals surface area contributed by atoms with Crippen LogP contribution in [0.4, 0.5) is 0 Å². The Morgan fingerprint density at radius 2 is 2.20 bits per heavy atom. The number of halogens is 1. The fourth-order valence-electron chi connectivity index (χ4n) is 2.93. The summed E-state index contributed by atoms with van der Waals surface area (Å²) in [5.74, 6) is 0.132. The number of likely N-dealkylation sites (tertiary alicyclic amines) is 1. The van der Waals surface area contributed by atoms with Gasteiger partial charge in [0, 0.05) is 25.7 Å². The monoisotopic (exact) mass is 305 g/mol. The van der Waals surface area contributed by atoms with Gasteiger partial charge in [-0.05, 0) is 46.2 Å². The highest BCUT2D eigenvalue weighted by Gasteiger charge is 2.27. The second kappa shape index (κ2) is 8.82. The molecule has 1 amide bonds. The standard InChI is InChI=1S/C14H27N3O2.ClH/c1-11(17-7-3-5-12(10-17)15-2)14(18)16-9-13-6-4-8-19-13;/h11-13,15H,3-10H2,1-2H3,(H,16,18);1H. The maximum absolute atomic E-state index is 12.2. The van der Waals surface area contributed by atoms with Crippen LogP contribution >= 0.6 is 12.4 Å². The Balaban J connectivity index is 0.00000200. The van der Waals surface area contributed by atoms with E-state index in [0.29, 0.717) is 12.6 Å². The van der Waals surface area contributed by atoms with Crippen molar-refractivity contribution in [3.05, 3.63) is 0 Å². The Morgan fingerprint density at radius 1 is 1.40 bits per heavy atom. The van der Waals surface area contributed by atoms with E-state index in [1.807, 2.05) is 14.0 Å². The number of carbonyl (C=O) groups is 1. The molecule has 0 radical (unpaired) electrons. The lowest BCUT2D eigenvalue weighted by Crippen LogP contribution is -2.53. The fourth-order valence-corrected chi connectivity index (χ4v) is 2.93. The van der Waals surface area contributed by atoms with Gasteiger partial charge in [-0.3, -0.25) is 9.69 Å². The van der Waals surface area contributed by atoms with Gasteiger partial charge >= 0.3 is 0 Å². The molecule has 0 aromatic heterocycles. The highest BCUT2D eigenvalue weighted by molar-refractivity contribution is 5.85. The predicted octanol–water partition coefficient (Wildman–Crippen LogP) is 0.776. The van der Waals surface area contributed by atoms with Gasteiger partial charge in [0.2, 0.25) is 5.91 Å². The summed E-state index contributed by atoms with van der Waals surface area (Å²) in [5, 5.41) is 6.34. The smallest absolute Gasteiger partial charge is 0.237 e. The van der Waals surface area contributed by atoms with Crippen molar-refractivity contribution in [3.63, 3.8) is 0 Å². The van der Waals surface area contributed by atoms with E-state index in [-0.39, 0.29) is 30.5 Å². The molecule has 2 heterocycles. The minimum Gasteiger partial charge on any atom is -0.376 e. The van der Waals surface area contributed by atoms with Crippen LogP contribution in [-0.2, 0) is 9.53 Å². The molecule has 0 aromatic carbocycles. The molecule has 2 aliphatic rings. The highest BCUT2D eigenvalue weighted by atomic mass is 35.5. The number of hydrogen-bond donors (Lipinski definition) is 2. The normalized spacial score (nSPS) is 28.7. The van der Waals surface area contributed by atoms with Crippen LogP contribution in [0.2, 0.25) is 0 Å². The number of ether oxygens (including phenoxy) is 1. The van der Waals surface area contributed by atoms with Crippen molar-refractivity contribution in [2.75, 3.05) is 33.3 Å². The first-order valence-corrected chi connectivity index (χ1v) is 7.51. The van der Waals surface area contributed by atoms with Crippen LogP contribution in [0.3, 0.4) is 0 Å². The Bertz CT molecular complexity index is 298. The van der Waals surface area contributed by atoms with Crippen LogP contribution in [0.5, 0.6) is 0 Å². The van der Waals surface area contributed by atoms with Crippen LogP contribution in [0.15, 0.2) is 0 Å². The summed E-state index contributed by atoms with van der Waals surface area (Å²) in [4.78, 5) is 14.4. The highest BCUT2D eigenvalue weighted by Crippen LogP contribution is 2.14. The Kier molecular flexibility index (Phi) is 7.80. The maximum Gasteiger partial charge on any atom is 0.237 e. The van der Waals surface area contributed by atoms with Crippen molar-refractivity contribution in [3.8, 4) is 0 Å². The topological polar surface area (TPSA) is 53.6 Å². The van der Waals surface area contributed by atoms with E-state index in [1.165, 1.54) is 6.42 Å². The minimum atomic E-state index is -0.0439. The molecule has 3 atom stereocenters. The lowest BCUT2D eigenvalue weighted by Gasteiger charge is -2.36. The lowest BCUT2D eigenvalue weighted by molar-refractivity contribution is -0.126. The van der Waals surface area contributed by atoms with E-state index in [2.05, 4.69) is 15.5 Å². The summed E-state index contributed by atoms with van der Waals surface area (Å²) < 4.78 is 5.52. The van der Waals surface area contributed by atoms with Crippen molar-refractivity contribution < 1.29 is 9.53 Å². The number of likely N-dealkylation sites (N-methyl/N-ethyl adjacent to an activating group) is 1. The number of rotatable bonds is 5. The first kappa shape index (κ1) is 17.7. The molecule has 2 N–H and O–H groups in total. The molecule has 2 fully saturated rings. The second-order valence-corrected chi connectivity index (χ2v) is 5.68. The molecule has 0 aliphatic carbocycles. The molecule has 0 spiro atoms. The van der Waals surface area contributed by atoms with Crippen LogP contribution in [-0.4, -0.2) is 62.3 Å². The van der Waals surface area contributed by atoms with Gasteiger partial charge in [-0.1, -0.05) is 0 Å². The van der Waals surface area contributed by atoms with Crippen molar-refractivity contribution >= 4 is 18.3 Å². The summed E-state index contributed by atoms with van der Waals surface area (Å²) in [6.45, 7) is 5.49. The Labute approximate surface area is 128 Å². The van der Waals surface area contributed by atoms with Crippen LogP contribution in [0.1, 0.15) is 32.6 Å². The third-order valence-electron chi connectivity index (χ3n) is 4.32. The van der Waals surface area contributed by atoms with Gasteiger partial charge in [0.1, 0.15) is 0 Å². The predicted molar refractivity (Wildman–Crippen MR) is 82.3 cm³/mol. The summed E-state index contributed by atoms with van der Waals surface area (Å²) in [6, 6.07) is 0.472. The average molecular weight is 306 g/mol. The van der Waals surface area contributed by atoms with Gasteiger partial charge in [0.25, 0.3) is 0 Å². The van der Waals surface area contributed by atoms with E-state index in [4.69, 9.17) is 4.74 Å². The first-order valence-electron chi connectivity index (χ1n) is 7.51. The zero-order chi connectivity index (χ0) is 13.7. The van der Waals surface area contributed by atoms with Crippen molar-refractivity contribution in [2.24, 2.45) is 0 Å². The van der Waals surface area contributed by atoms with Gasteiger partial charge in [-0.25, -0.2) is 0 Å². The average Bonchev–Trinajstić information content (AvgIpc) is 2.97. The van der Waals surface area contributed by atoms with E-state index in [1.54, 1.807) is 0 Å². The molecule has 3 unspecified atom stereocenters. The number of hydrogen-bond acceptors (Lipinski definition) is 4. The van der Waals surface area contributed by atoms with Gasteiger partial charge in [-0.2, -0.15) is 0 Å². The van der Waals surface area contributed by atoms with Crippen molar-refractivity contribution in [2.45, 2.75) is 50.8 Å². The van der Waals surface area contributed by atoms with Crippen molar-refractivity contribution in [1.29, 1.82) is 0 Å². The molecule has 6 heteroatoms. The molecule has 2 aliphatic heterocycles. The molecular weight excluding hydrogens is 278 g/mol. The molecular formula is C14H28ClN3O2. The van der Waals surface area contributed by atoms with Gasteiger partial charge in [0.15, 0.2) is 0 Å². The summed E-state index contributed by atoms with van der Waals surface area (Å²) in [7, 11) is 2.00. The maximum atomic E-state index is 12.2. The van der Waals surface area contributed by atoms with Gasteiger partial charge in [-0.15, -0.1) is 12.4 Å². The molecule has 0 aromatic rings. The lowest BCUT2D eigenvalue weighted by atomic mass is 10.0. The second-order valence-electron chi connectivity index (χ2n) is 5.68. The fraction of sp³-hybridized carbons (Fsp3) is 0.929.